The predicted octanol–water partition coefficient (Wildman–Crippen LogP) is 7.53. The molecule has 180 valence electrons. The summed E-state index contributed by atoms with van der Waals surface area (Å²) in [5.74, 6) is 1.58. The van der Waals surface area contributed by atoms with Crippen LogP contribution in [-0.2, 0) is 0 Å². The summed E-state index contributed by atoms with van der Waals surface area (Å²) in [4.78, 5) is 0. The van der Waals surface area contributed by atoms with Gasteiger partial charge in [0, 0.05) is 0 Å². The van der Waals surface area contributed by atoms with Gasteiger partial charge in [-0.05, 0) is 75.7 Å². The van der Waals surface area contributed by atoms with E-state index in [0.29, 0.717) is 5.57 Å². The Hall–Kier alpha value is -5.06. The molecule has 4 nitrogen and oxygen atoms in total. The second-order valence-corrected chi connectivity index (χ2v) is 8.37. The molecule has 0 amide bonds. The van der Waals surface area contributed by atoms with Gasteiger partial charge in [0.05, 0.1) is 14.2 Å². The molecule has 0 heterocycles. The first kappa shape index (κ1) is 25.0. The highest BCUT2D eigenvalue weighted by atomic mass is 16.5. The van der Waals surface area contributed by atoms with Crippen molar-refractivity contribution in [1.82, 2.24) is 0 Å². The predicted molar refractivity (Wildman–Crippen MR) is 148 cm³/mol. The molecule has 0 saturated heterocycles. The van der Waals surface area contributed by atoms with Crippen LogP contribution < -0.4 is 9.47 Å². The Morgan fingerprint density at radius 2 is 0.865 bits per heavy atom. The summed E-state index contributed by atoms with van der Waals surface area (Å²) >= 11 is 0. The number of nitrogens with zero attached hydrogens (tertiary/aromatic N) is 2. The first-order valence-corrected chi connectivity index (χ1v) is 11.8. The molecule has 4 aromatic rings. The molecule has 0 bridgehead atoms. The molecular weight excluding hydrogens is 456 g/mol. The summed E-state index contributed by atoms with van der Waals surface area (Å²) in [7, 11) is 3.32. The minimum absolute atomic E-state index is 0.115. The van der Waals surface area contributed by atoms with E-state index in [1.165, 1.54) is 0 Å². The quantitative estimate of drug-likeness (QED) is 0.202. The van der Waals surface area contributed by atoms with Crippen LogP contribution in [0.2, 0.25) is 0 Å². The van der Waals surface area contributed by atoms with Crippen molar-refractivity contribution in [1.29, 1.82) is 10.5 Å². The van der Waals surface area contributed by atoms with E-state index in [9.17, 15) is 10.5 Å². The maximum atomic E-state index is 9.29. The van der Waals surface area contributed by atoms with Gasteiger partial charge in [-0.3, -0.25) is 0 Å². The molecule has 0 aliphatic carbocycles. The van der Waals surface area contributed by atoms with Gasteiger partial charge in [-0.15, -0.1) is 0 Å². The fraction of sp³-hybridized carbons (Fsp3) is 0.0909. The van der Waals surface area contributed by atoms with Crippen molar-refractivity contribution < 1.29 is 9.47 Å². The molecule has 0 fully saturated rings. The highest BCUT2D eigenvalue weighted by molar-refractivity contribution is 6.04. The average molecular weight is 483 g/mol. The monoisotopic (exact) mass is 482 g/mol. The van der Waals surface area contributed by atoms with Crippen LogP contribution in [0.25, 0.3) is 16.7 Å². The molecule has 0 aromatic heterocycles. The van der Waals surface area contributed by atoms with Crippen LogP contribution in [0, 0.1) is 22.7 Å². The molecular formula is C33H26N2O2. The van der Waals surface area contributed by atoms with Crippen LogP contribution >= 0.6 is 0 Å². The van der Waals surface area contributed by atoms with Gasteiger partial charge < -0.3 is 9.47 Å². The average Bonchev–Trinajstić information content (AvgIpc) is 2.97. The summed E-state index contributed by atoms with van der Waals surface area (Å²) in [6.07, 6.45) is 0. The van der Waals surface area contributed by atoms with Crippen molar-refractivity contribution in [2.24, 2.45) is 0 Å². The van der Waals surface area contributed by atoms with Crippen molar-refractivity contribution in [2.75, 3.05) is 14.2 Å². The van der Waals surface area contributed by atoms with E-state index in [2.05, 4.69) is 36.4 Å². The summed E-state index contributed by atoms with van der Waals surface area (Å²) < 4.78 is 10.8. The second-order valence-electron chi connectivity index (χ2n) is 8.37. The molecule has 0 aliphatic rings. The van der Waals surface area contributed by atoms with E-state index >= 15 is 0 Å². The van der Waals surface area contributed by atoms with Gasteiger partial charge in [0.25, 0.3) is 0 Å². The Labute approximate surface area is 218 Å². The van der Waals surface area contributed by atoms with Gasteiger partial charge >= 0.3 is 0 Å². The number of rotatable bonds is 7. The van der Waals surface area contributed by atoms with Crippen molar-refractivity contribution in [3.63, 3.8) is 0 Å². The van der Waals surface area contributed by atoms with Crippen LogP contribution in [0.1, 0.15) is 34.7 Å². The van der Waals surface area contributed by atoms with Crippen LogP contribution in [0.15, 0.2) is 109 Å². The first-order chi connectivity index (χ1) is 18.1. The lowest BCUT2D eigenvalue weighted by molar-refractivity contribution is 0.414. The number of nitriles is 2. The number of ether oxygens (including phenoxy) is 2. The lowest BCUT2D eigenvalue weighted by Crippen LogP contribution is -1.98. The van der Waals surface area contributed by atoms with E-state index in [1.54, 1.807) is 21.1 Å². The number of methoxy groups -OCH3 is 2. The largest absolute Gasteiger partial charge is 0.497 e. The zero-order chi connectivity index (χ0) is 26.2. The summed E-state index contributed by atoms with van der Waals surface area (Å²) in [6.45, 7) is 1.80. The molecule has 4 rings (SSSR count). The minimum Gasteiger partial charge on any atom is -0.497 e. The lowest BCUT2D eigenvalue weighted by atomic mass is 9.85. The molecule has 0 atom stereocenters. The first-order valence-electron chi connectivity index (χ1n) is 11.8. The van der Waals surface area contributed by atoms with E-state index in [1.807, 2.05) is 78.9 Å². The smallest absolute Gasteiger partial charge is 0.133 e. The van der Waals surface area contributed by atoms with Crippen LogP contribution in [0.4, 0.5) is 0 Å². The summed E-state index contributed by atoms with van der Waals surface area (Å²) in [5.41, 5.74) is 7.90. The maximum Gasteiger partial charge on any atom is 0.133 e. The zero-order valence-corrected chi connectivity index (χ0v) is 21.0. The zero-order valence-electron chi connectivity index (χ0n) is 21.0. The molecule has 0 saturated carbocycles. The Kier molecular flexibility index (Phi) is 7.84. The van der Waals surface area contributed by atoms with E-state index in [-0.39, 0.29) is 5.57 Å². The van der Waals surface area contributed by atoms with Crippen molar-refractivity contribution in [2.45, 2.75) is 6.92 Å². The third-order valence-electron chi connectivity index (χ3n) is 6.28. The Bertz CT molecular complexity index is 1450. The van der Waals surface area contributed by atoms with Gasteiger partial charge in [-0.25, -0.2) is 0 Å². The molecule has 0 aliphatic heterocycles. The SMILES string of the molecule is COc1ccc(C(=C(c2ccccc2)c2ccc(C(C)=C(C#N)C#N)cc2)c2ccc(OC)cc2)cc1. The fourth-order valence-electron chi connectivity index (χ4n) is 4.25. The fourth-order valence-corrected chi connectivity index (χ4v) is 4.25. The van der Waals surface area contributed by atoms with Crippen molar-refractivity contribution in [3.05, 3.63) is 137 Å². The lowest BCUT2D eigenvalue weighted by Gasteiger charge is -2.19. The highest BCUT2D eigenvalue weighted by Gasteiger charge is 2.17. The number of benzene rings is 4. The summed E-state index contributed by atoms with van der Waals surface area (Å²) in [6, 6.07) is 38.3. The van der Waals surface area contributed by atoms with Crippen LogP contribution in [-0.4, -0.2) is 14.2 Å². The standard InChI is InChI=1S/C33H26N2O2/c1-23(29(21-34)22-35)24-9-11-26(12-10-24)32(25-7-5-4-6-8-25)33(27-13-17-30(36-2)18-14-27)28-15-19-31(37-3)20-16-28/h4-20H,1-3H3. The highest BCUT2D eigenvalue weighted by Crippen LogP contribution is 2.38. The molecule has 0 N–H and O–H groups in total. The number of hydrogen-bond donors (Lipinski definition) is 0. The number of allylic oxidation sites excluding steroid dienone is 2. The van der Waals surface area contributed by atoms with Gasteiger partial charge in [0.15, 0.2) is 0 Å². The van der Waals surface area contributed by atoms with Gasteiger partial charge in [0.1, 0.15) is 29.2 Å². The van der Waals surface area contributed by atoms with Crippen LogP contribution in [0.3, 0.4) is 0 Å². The van der Waals surface area contributed by atoms with Crippen LogP contribution in [0.5, 0.6) is 11.5 Å². The molecule has 4 heteroatoms. The third kappa shape index (κ3) is 5.45. The van der Waals surface area contributed by atoms with Gasteiger partial charge in [-0.2, -0.15) is 10.5 Å². The molecule has 4 aromatic carbocycles. The van der Waals surface area contributed by atoms with Crippen molar-refractivity contribution >= 4 is 16.7 Å². The van der Waals surface area contributed by atoms with E-state index in [4.69, 9.17) is 9.47 Å². The Morgan fingerprint density at radius 1 is 0.514 bits per heavy atom. The Morgan fingerprint density at radius 3 is 1.24 bits per heavy atom. The normalized spacial score (nSPS) is 9.97. The maximum absolute atomic E-state index is 9.29. The second kappa shape index (κ2) is 11.6. The molecule has 37 heavy (non-hydrogen) atoms. The third-order valence-corrected chi connectivity index (χ3v) is 6.28. The Balaban J connectivity index is 2.01. The summed E-state index contributed by atoms with van der Waals surface area (Å²) in [5, 5.41) is 18.6. The molecule has 0 radical (unpaired) electrons. The number of hydrogen-bond acceptors (Lipinski definition) is 4. The van der Waals surface area contributed by atoms with Gasteiger partial charge in [0.2, 0.25) is 0 Å². The van der Waals surface area contributed by atoms with Gasteiger partial charge in [-0.1, -0.05) is 78.9 Å². The van der Waals surface area contributed by atoms with E-state index < -0.39 is 0 Å². The van der Waals surface area contributed by atoms with Crippen molar-refractivity contribution in [3.8, 4) is 23.6 Å². The topological polar surface area (TPSA) is 66.0 Å². The van der Waals surface area contributed by atoms with E-state index in [0.717, 1.165) is 50.5 Å². The molecule has 0 spiro atoms. The minimum atomic E-state index is 0.115. The molecule has 0 unspecified atom stereocenters.